The molecule has 2 aliphatic carbocycles. The largest absolute Gasteiger partial charge is 0.459 e. The van der Waals surface area contributed by atoms with Gasteiger partial charge in [0.25, 0.3) is 0 Å². The molecule has 5 heteroatoms. The first kappa shape index (κ1) is 22.9. The van der Waals surface area contributed by atoms with Gasteiger partial charge in [-0.15, -0.1) is 0 Å². The molecule has 0 unspecified atom stereocenters. The van der Waals surface area contributed by atoms with Crippen molar-refractivity contribution in [3.05, 3.63) is 93.3 Å². The second kappa shape index (κ2) is 9.79. The maximum absolute atomic E-state index is 13.7. The minimum absolute atomic E-state index is 0.0583. The molecule has 0 radical (unpaired) electrons. The minimum Gasteiger partial charge on any atom is -0.459 e. The smallest absolute Gasteiger partial charge is 0.337 e. The molecule has 2 aromatic carbocycles. The lowest BCUT2D eigenvalue weighted by atomic mass is 9.71. The molecule has 1 N–H and O–H groups in total. The summed E-state index contributed by atoms with van der Waals surface area (Å²) in [5, 5.41) is 3.98. The van der Waals surface area contributed by atoms with E-state index in [1.807, 2.05) is 49.4 Å². The number of carbonyl (C=O) groups is 2. The highest BCUT2D eigenvalue weighted by Crippen LogP contribution is 2.47. The van der Waals surface area contributed by atoms with Crippen molar-refractivity contribution in [3.8, 4) is 0 Å². The van der Waals surface area contributed by atoms with E-state index in [0.29, 0.717) is 29.0 Å². The van der Waals surface area contributed by atoms with Gasteiger partial charge in [0, 0.05) is 34.3 Å². The van der Waals surface area contributed by atoms with Crippen LogP contribution in [0.25, 0.3) is 0 Å². The van der Waals surface area contributed by atoms with E-state index in [-0.39, 0.29) is 23.8 Å². The molecular formula is C29H30ClNO3. The second-order valence-corrected chi connectivity index (χ2v) is 10.0. The van der Waals surface area contributed by atoms with Crippen LogP contribution in [0.5, 0.6) is 0 Å². The van der Waals surface area contributed by atoms with E-state index in [0.717, 1.165) is 48.2 Å². The molecule has 2 atom stereocenters. The summed E-state index contributed by atoms with van der Waals surface area (Å²) in [4.78, 5) is 27.2. The van der Waals surface area contributed by atoms with E-state index in [9.17, 15) is 9.59 Å². The third kappa shape index (κ3) is 4.44. The third-order valence-electron chi connectivity index (χ3n) is 7.36. The molecule has 34 heavy (non-hydrogen) atoms. The zero-order chi connectivity index (χ0) is 23.7. The van der Waals surface area contributed by atoms with Gasteiger partial charge in [-0.25, -0.2) is 4.79 Å². The van der Waals surface area contributed by atoms with Crippen LogP contribution in [0.3, 0.4) is 0 Å². The van der Waals surface area contributed by atoms with Crippen LogP contribution in [0.1, 0.15) is 74.8 Å². The van der Waals surface area contributed by atoms with Gasteiger partial charge in [-0.05, 0) is 62.1 Å². The number of hydrogen-bond acceptors (Lipinski definition) is 4. The zero-order valence-corrected chi connectivity index (χ0v) is 20.2. The van der Waals surface area contributed by atoms with Crippen molar-refractivity contribution in [1.29, 1.82) is 0 Å². The average Bonchev–Trinajstić information content (AvgIpc) is 2.84. The van der Waals surface area contributed by atoms with E-state index in [1.54, 1.807) is 0 Å². The highest BCUT2D eigenvalue weighted by molar-refractivity contribution is 6.31. The molecule has 0 aromatic heterocycles. The molecule has 4 nitrogen and oxygen atoms in total. The van der Waals surface area contributed by atoms with Gasteiger partial charge < -0.3 is 10.1 Å². The van der Waals surface area contributed by atoms with Crippen LogP contribution in [0, 0.1) is 0 Å². The summed E-state index contributed by atoms with van der Waals surface area (Å²) in [5.74, 6) is -0.699. The van der Waals surface area contributed by atoms with Crippen LogP contribution in [0.4, 0.5) is 0 Å². The lowest BCUT2D eigenvalue weighted by Gasteiger charge is -2.37. The fourth-order valence-electron chi connectivity index (χ4n) is 5.69. The second-order valence-electron chi connectivity index (χ2n) is 9.61. The highest BCUT2D eigenvalue weighted by atomic mass is 35.5. The Bertz CT molecular complexity index is 1160. The van der Waals surface area contributed by atoms with E-state index in [2.05, 4.69) is 17.4 Å². The van der Waals surface area contributed by atoms with Gasteiger partial charge in [0.2, 0.25) is 0 Å². The summed E-state index contributed by atoms with van der Waals surface area (Å²) >= 11 is 6.64. The summed E-state index contributed by atoms with van der Waals surface area (Å²) in [6.45, 7) is 1.90. The van der Waals surface area contributed by atoms with Crippen molar-refractivity contribution in [2.75, 3.05) is 0 Å². The molecular weight excluding hydrogens is 446 g/mol. The summed E-state index contributed by atoms with van der Waals surface area (Å²) in [5.41, 5.74) is 4.72. The van der Waals surface area contributed by atoms with Crippen LogP contribution in [0.15, 0.2) is 77.1 Å². The van der Waals surface area contributed by atoms with Gasteiger partial charge >= 0.3 is 5.97 Å². The van der Waals surface area contributed by atoms with Gasteiger partial charge in [0.1, 0.15) is 6.10 Å². The summed E-state index contributed by atoms with van der Waals surface area (Å²) < 4.78 is 5.98. The SMILES string of the molecule is CC1=C(C(=O)OC2CCCCC2)[C@@H](c2ccccc2Cl)C2=C(C[C@H](c3ccccc3)CC2=O)N1. The van der Waals surface area contributed by atoms with E-state index in [1.165, 1.54) is 6.42 Å². The van der Waals surface area contributed by atoms with E-state index < -0.39 is 5.92 Å². The molecule has 1 saturated carbocycles. The first-order chi connectivity index (χ1) is 16.5. The maximum atomic E-state index is 13.7. The molecule has 2 aromatic rings. The highest BCUT2D eigenvalue weighted by Gasteiger charge is 2.42. The number of nitrogens with one attached hydrogen (secondary N) is 1. The fourth-order valence-corrected chi connectivity index (χ4v) is 5.93. The topological polar surface area (TPSA) is 55.4 Å². The molecule has 5 rings (SSSR count). The number of halogens is 1. The number of esters is 1. The van der Waals surface area contributed by atoms with Crippen molar-refractivity contribution in [3.63, 3.8) is 0 Å². The lowest BCUT2D eigenvalue weighted by molar-refractivity contribution is -0.146. The number of ether oxygens (including phenoxy) is 1. The van der Waals surface area contributed by atoms with Crippen molar-refractivity contribution < 1.29 is 14.3 Å². The molecule has 0 bridgehead atoms. The molecule has 0 amide bonds. The predicted molar refractivity (Wildman–Crippen MR) is 133 cm³/mol. The molecule has 3 aliphatic rings. The van der Waals surface area contributed by atoms with Crippen molar-refractivity contribution >= 4 is 23.4 Å². The Morgan fingerprint density at radius 1 is 0.971 bits per heavy atom. The number of carbonyl (C=O) groups excluding carboxylic acids is 2. The number of allylic oxidation sites excluding steroid dienone is 3. The summed E-state index contributed by atoms with van der Waals surface area (Å²) in [6.07, 6.45) is 6.21. The number of ketones is 1. The monoisotopic (exact) mass is 475 g/mol. The third-order valence-corrected chi connectivity index (χ3v) is 7.70. The summed E-state index contributed by atoms with van der Waals surface area (Å²) in [7, 11) is 0. The Balaban J connectivity index is 1.54. The van der Waals surface area contributed by atoms with Gasteiger partial charge in [0.15, 0.2) is 5.78 Å². The Labute approximate surface area is 206 Å². The van der Waals surface area contributed by atoms with Crippen LogP contribution >= 0.6 is 11.6 Å². The number of dihydropyridines is 1. The van der Waals surface area contributed by atoms with Gasteiger partial charge in [0.05, 0.1) is 5.57 Å². The number of Topliss-reactive ketones (excluding diaryl/α,β-unsaturated/α-hetero) is 1. The van der Waals surface area contributed by atoms with Crippen molar-refractivity contribution in [2.24, 2.45) is 0 Å². The molecule has 1 fully saturated rings. The number of hydrogen-bond donors (Lipinski definition) is 1. The van der Waals surface area contributed by atoms with Crippen molar-refractivity contribution in [1.82, 2.24) is 5.32 Å². The molecule has 176 valence electrons. The maximum Gasteiger partial charge on any atom is 0.337 e. The van der Waals surface area contributed by atoms with E-state index >= 15 is 0 Å². The van der Waals surface area contributed by atoms with Crippen LogP contribution in [-0.2, 0) is 14.3 Å². The standard InChI is InChI=1S/C29H30ClNO3/c1-18-26(29(33)34-21-12-6-3-7-13-21)27(22-14-8-9-15-23(22)30)28-24(31-18)16-20(17-25(28)32)19-10-4-2-5-11-19/h2,4-5,8-11,14-15,20-21,27,31H,3,6-7,12-13,16-17H2,1H3/t20-,27+/m0/s1. The van der Waals surface area contributed by atoms with Crippen molar-refractivity contribution in [2.45, 2.75) is 69.8 Å². The Kier molecular flexibility index (Phi) is 6.60. The normalized spacial score (nSPS) is 23.4. The Hall–Kier alpha value is -2.85. The fraction of sp³-hybridized carbons (Fsp3) is 0.379. The zero-order valence-electron chi connectivity index (χ0n) is 19.5. The average molecular weight is 476 g/mol. The Morgan fingerprint density at radius 2 is 1.68 bits per heavy atom. The predicted octanol–water partition coefficient (Wildman–Crippen LogP) is 6.58. The quantitative estimate of drug-likeness (QED) is 0.507. The lowest BCUT2D eigenvalue weighted by Crippen LogP contribution is -2.37. The van der Waals surface area contributed by atoms with Crippen LogP contribution < -0.4 is 5.32 Å². The van der Waals surface area contributed by atoms with E-state index in [4.69, 9.17) is 16.3 Å². The van der Waals surface area contributed by atoms with Gasteiger partial charge in [-0.1, -0.05) is 66.6 Å². The molecule has 1 heterocycles. The first-order valence-electron chi connectivity index (χ1n) is 12.3. The first-order valence-corrected chi connectivity index (χ1v) is 12.6. The molecule has 0 spiro atoms. The molecule has 1 aliphatic heterocycles. The number of rotatable bonds is 4. The Morgan fingerprint density at radius 3 is 2.41 bits per heavy atom. The van der Waals surface area contributed by atoms with Gasteiger partial charge in [-0.3, -0.25) is 4.79 Å². The van der Waals surface area contributed by atoms with Crippen LogP contribution in [0.2, 0.25) is 5.02 Å². The number of benzene rings is 2. The minimum atomic E-state index is -0.523. The summed E-state index contributed by atoms with van der Waals surface area (Å²) in [6, 6.07) is 17.7. The van der Waals surface area contributed by atoms with Gasteiger partial charge in [-0.2, -0.15) is 0 Å². The molecule has 0 saturated heterocycles. The van der Waals surface area contributed by atoms with Crippen LogP contribution in [-0.4, -0.2) is 17.9 Å².